The summed E-state index contributed by atoms with van der Waals surface area (Å²) in [6.07, 6.45) is 1.15. The minimum absolute atomic E-state index is 0.333. The van der Waals surface area contributed by atoms with Crippen LogP contribution in [-0.2, 0) is 13.6 Å². The summed E-state index contributed by atoms with van der Waals surface area (Å²) < 4.78 is 3.48. The van der Waals surface area contributed by atoms with Crippen LogP contribution in [0.4, 0.5) is 4.79 Å². The van der Waals surface area contributed by atoms with Gasteiger partial charge in [-0.2, -0.15) is 5.10 Å². The van der Waals surface area contributed by atoms with Gasteiger partial charge in [-0.15, -0.1) is 4.73 Å². The van der Waals surface area contributed by atoms with Crippen molar-refractivity contribution in [2.75, 3.05) is 26.2 Å². The van der Waals surface area contributed by atoms with Gasteiger partial charge in [0.2, 0.25) is 11.8 Å². The second-order valence-corrected chi connectivity index (χ2v) is 6.38. The first-order valence-corrected chi connectivity index (χ1v) is 8.20. The van der Waals surface area contributed by atoms with Gasteiger partial charge in [-0.25, -0.2) is 4.79 Å². The van der Waals surface area contributed by atoms with Gasteiger partial charge < -0.3 is 20.0 Å². The van der Waals surface area contributed by atoms with Crippen molar-refractivity contribution >= 4 is 22.0 Å². The summed E-state index contributed by atoms with van der Waals surface area (Å²) in [5.41, 5.74) is 1.08. The van der Waals surface area contributed by atoms with Crippen LogP contribution in [0.1, 0.15) is 5.69 Å². The van der Waals surface area contributed by atoms with E-state index >= 15 is 0 Å². The van der Waals surface area contributed by atoms with Gasteiger partial charge in [0.15, 0.2) is 0 Å². The van der Waals surface area contributed by atoms with E-state index in [2.05, 4.69) is 25.9 Å². The molecule has 0 saturated carbocycles. The lowest BCUT2D eigenvalue weighted by Crippen LogP contribution is -2.50. The normalized spacial score (nSPS) is 15.7. The molecule has 0 spiro atoms. The van der Waals surface area contributed by atoms with Gasteiger partial charge in [-0.3, -0.25) is 9.58 Å². The summed E-state index contributed by atoms with van der Waals surface area (Å²) in [6.45, 7) is 3.11. The van der Waals surface area contributed by atoms with Gasteiger partial charge in [-0.05, 0) is 15.9 Å². The molecule has 0 aromatic carbocycles. The number of carbonyl (C=O) groups excluding carboxylic acids is 1. The molecule has 1 amide bonds. The highest BCUT2D eigenvalue weighted by atomic mass is 79.9. The molecule has 0 radical (unpaired) electrons. The zero-order chi connectivity index (χ0) is 17.3. The van der Waals surface area contributed by atoms with Crippen molar-refractivity contribution < 1.29 is 19.8 Å². The van der Waals surface area contributed by atoms with Crippen molar-refractivity contribution in [1.29, 1.82) is 0 Å². The van der Waals surface area contributed by atoms with Crippen molar-refractivity contribution in [1.82, 2.24) is 24.3 Å². The molecule has 9 nitrogen and oxygen atoms in total. The first kappa shape index (κ1) is 16.7. The lowest BCUT2D eigenvalue weighted by atomic mass is 10.3. The van der Waals surface area contributed by atoms with E-state index in [9.17, 15) is 15.0 Å². The largest absolute Gasteiger partial charge is 0.492 e. The maximum Gasteiger partial charge on any atom is 0.434 e. The Morgan fingerprint density at radius 3 is 2.42 bits per heavy atom. The summed E-state index contributed by atoms with van der Waals surface area (Å²) in [4.78, 5) is 20.9. The molecule has 1 fully saturated rings. The molecule has 10 heteroatoms. The van der Waals surface area contributed by atoms with Crippen LogP contribution in [0.15, 0.2) is 22.8 Å². The van der Waals surface area contributed by atoms with E-state index in [0.717, 1.165) is 16.7 Å². The first-order chi connectivity index (χ1) is 11.5. The van der Waals surface area contributed by atoms with Gasteiger partial charge in [0.25, 0.3) is 0 Å². The van der Waals surface area contributed by atoms with Crippen LogP contribution >= 0.6 is 15.9 Å². The Balaban J connectivity index is 1.54. The second kappa shape index (κ2) is 6.73. The minimum Gasteiger partial charge on any atom is -0.492 e. The third-order valence-electron chi connectivity index (χ3n) is 3.98. The summed E-state index contributed by atoms with van der Waals surface area (Å²) >= 11 is 3.48. The number of aromatic nitrogens is 3. The molecule has 3 rings (SSSR count). The second-order valence-electron chi connectivity index (χ2n) is 5.53. The molecule has 1 aliphatic heterocycles. The molecule has 0 aliphatic carbocycles. The Labute approximate surface area is 146 Å². The Hall–Kier alpha value is -2.20. The molecule has 2 aromatic heterocycles. The number of nitrogens with zero attached hydrogens (tertiary/aromatic N) is 5. The topological polar surface area (TPSA) is 96.0 Å². The first-order valence-electron chi connectivity index (χ1n) is 7.41. The van der Waals surface area contributed by atoms with Crippen molar-refractivity contribution in [3.8, 4) is 11.8 Å². The maximum absolute atomic E-state index is 12.1. The number of piperazine rings is 1. The standard InChI is InChI=1S/C14H18BrN5O4/c1-17-11(10(15)8-16-17)9-18-4-6-19(7-5-18)14(23)24-20-12(21)2-3-13(20)22/h2-3,8,21-22H,4-7,9H2,1H3. The van der Waals surface area contributed by atoms with E-state index in [1.165, 1.54) is 17.0 Å². The van der Waals surface area contributed by atoms with Crippen molar-refractivity contribution in [3.05, 3.63) is 28.5 Å². The summed E-state index contributed by atoms with van der Waals surface area (Å²) in [5.74, 6) is -0.666. The average Bonchev–Trinajstić information content (AvgIpc) is 3.05. The lowest BCUT2D eigenvalue weighted by Gasteiger charge is -2.33. The van der Waals surface area contributed by atoms with Crippen LogP contribution in [0.3, 0.4) is 0 Å². The highest BCUT2D eigenvalue weighted by molar-refractivity contribution is 9.10. The summed E-state index contributed by atoms with van der Waals surface area (Å²) in [6, 6.07) is 2.48. The van der Waals surface area contributed by atoms with E-state index in [0.29, 0.717) is 30.9 Å². The molecule has 2 N–H and O–H groups in total. The Kier molecular flexibility index (Phi) is 4.67. The van der Waals surface area contributed by atoms with Gasteiger partial charge in [0.1, 0.15) is 0 Å². The SMILES string of the molecule is Cn1ncc(Br)c1CN1CCN(C(=O)On2c(O)ccc2O)CC1. The number of amides is 1. The number of hydrogen-bond acceptors (Lipinski definition) is 6. The number of halogens is 1. The summed E-state index contributed by atoms with van der Waals surface area (Å²) in [5, 5.41) is 23.2. The molecule has 1 saturated heterocycles. The lowest BCUT2D eigenvalue weighted by molar-refractivity contribution is 0.0551. The van der Waals surface area contributed by atoms with Gasteiger partial charge in [-0.1, -0.05) is 0 Å². The number of carbonyl (C=O) groups is 1. The van der Waals surface area contributed by atoms with Crippen LogP contribution in [-0.4, -0.2) is 66.8 Å². The van der Waals surface area contributed by atoms with Gasteiger partial charge >= 0.3 is 6.09 Å². The molecule has 130 valence electrons. The Morgan fingerprint density at radius 2 is 1.88 bits per heavy atom. The molecule has 0 bridgehead atoms. The molecule has 1 aliphatic rings. The predicted octanol–water partition coefficient (Wildman–Crippen LogP) is 0.762. The van der Waals surface area contributed by atoms with E-state index in [-0.39, 0.29) is 11.8 Å². The third-order valence-corrected chi connectivity index (χ3v) is 4.64. The molecule has 2 aromatic rings. The number of rotatable bonds is 3. The third kappa shape index (κ3) is 3.34. The quantitative estimate of drug-likeness (QED) is 0.790. The number of aryl methyl sites for hydroxylation is 1. The molecule has 0 atom stereocenters. The number of hydrogen-bond donors (Lipinski definition) is 2. The fourth-order valence-electron chi connectivity index (χ4n) is 2.55. The van der Waals surface area contributed by atoms with Crippen molar-refractivity contribution in [2.24, 2.45) is 7.05 Å². The van der Waals surface area contributed by atoms with E-state index in [4.69, 9.17) is 4.84 Å². The van der Waals surface area contributed by atoms with Crippen LogP contribution in [0, 0.1) is 0 Å². The highest BCUT2D eigenvalue weighted by Gasteiger charge is 2.25. The average molecular weight is 400 g/mol. The smallest absolute Gasteiger partial charge is 0.434 e. The zero-order valence-corrected chi connectivity index (χ0v) is 14.7. The van der Waals surface area contributed by atoms with Crippen LogP contribution in [0.2, 0.25) is 0 Å². The summed E-state index contributed by atoms with van der Waals surface area (Å²) in [7, 11) is 1.89. The Morgan fingerprint density at radius 1 is 1.25 bits per heavy atom. The fraction of sp³-hybridized carbons (Fsp3) is 0.429. The van der Waals surface area contributed by atoms with Gasteiger partial charge in [0.05, 0.1) is 16.4 Å². The van der Waals surface area contributed by atoms with Crippen molar-refractivity contribution in [3.63, 3.8) is 0 Å². The molecule has 0 unspecified atom stereocenters. The monoisotopic (exact) mass is 399 g/mol. The zero-order valence-electron chi connectivity index (χ0n) is 13.1. The van der Waals surface area contributed by atoms with Gasteiger partial charge in [0, 0.05) is 51.9 Å². The molecule has 3 heterocycles. The molecule has 24 heavy (non-hydrogen) atoms. The van der Waals surface area contributed by atoms with Crippen LogP contribution < -0.4 is 4.84 Å². The van der Waals surface area contributed by atoms with E-state index < -0.39 is 6.09 Å². The van der Waals surface area contributed by atoms with Crippen molar-refractivity contribution in [2.45, 2.75) is 6.54 Å². The molecular formula is C14H18BrN5O4. The fourth-order valence-corrected chi connectivity index (χ4v) is 3.02. The predicted molar refractivity (Wildman–Crippen MR) is 87.5 cm³/mol. The molecular weight excluding hydrogens is 382 g/mol. The Bertz CT molecular complexity index is 697. The van der Waals surface area contributed by atoms with E-state index in [1.54, 1.807) is 6.20 Å². The number of aromatic hydroxyl groups is 2. The maximum atomic E-state index is 12.1. The van der Waals surface area contributed by atoms with E-state index in [1.807, 2.05) is 11.7 Å². The van der Waals surface area contributed by atoms with Crippen LogP contribution in [0.5, 0.6) is 11.8 Å². The highest BCUT2D eigenvalue weighted by Crippen LogP contribution is 2.20. The minimum atomic E-state index is -0.613. The van der Waals surface area contributed by atoms with Crippen LogP contribution in [0.25, 0.3) is 0 Å².